The van der Waals surface area contributed by atoms with Crippen molar-refractivity contribution in [1.82, 2.24) is 24.9 Å². The molecular formula is C22H25N5O3. The van der Waals surface area contributed by atoms with Gasteiger partial charge in [0.1, 0.15) is 5.75 Å². The third-order valence-electron chi connectivity index (χ3n) is 5.25. The molecule has 8 heteroatoms. The molecule has 3 aromatic rings. The molecule has 1 unspecified atom stereocenters. The number of rotatable bonds is 6. The Hall–Kier alpha value is -3.42. The van der Waals surface area contributed by atoms with Gasteiger partial charge >= 0.3 is 0 Å². The minimum absolute atomic E-state index is 0.0377. The van der Waals surface area contributed by atoms with Crippen molar-refractivity contribution >= 4 is 5.91 Å². The van der Waals surface area contributed by atoms with E-state index in [2.05, 4.69) is 15.3 Å². The van der Waals surface area contributed by atoms with Gasteiger partial charge in [-0.1, -0.05) is 12.1 Å². The van der Waals surface area contributed by atoms with Crippen LogP contribution in [-0.4, -0.2) is 51.0 Å². The second-order valence-corrected chi connectivity index (χ2v) is 7.38. The normalized spacial score (nSPS) is 16.0. The number of carbonyl (C=O) groups is 1. The number of carbonyl (C=O) groups excluding carboxylic acids is 1. The molecule has 8 nitrogen and oxygen atoms in total. The molecule has 0 aliphatic carbocycles. The number of nitrogens with zero attached hydrogens (tertiary/aromatic N) is 5. The number of methoxy groups -OCH3 is 1. The van der Waals surface area contributed by atoms with E-state index in [4.69, 9.17) is 9.47 Å². The Morgan fingerprint density at radius 3 is 2.73 bits per heavy atom. The summed E-state index contributed by atoms with van der Waals surface area (Å²) in [5.74, 6) is 1.65. The van der Waals surface area contributed by atoms with Crippen LogP contribution in [0.15, 0.2) is 42.5 Å². The maximum atomic E-state index is 12.8. The van der Waals surface area contributed by atoms with Crippen LogP contribution >= 0.6 is 0 Å². The summed E-state index contributed by atoms with van der Waals surface area (Å²) in [5, 5.41) is 12.6. The van der Waals surface area contributed by atoms with Gasteiger partial charge in [0.2, 0.25) is 5.88 Å². The van der Waals surface area contributed by atoms with E-state index in [1.165, 1.54) is 0 Å². The Morgan fingerprint density at radius 2 is 2.03 bits per heavy atom. The van der Waals surface area contributed by atoms with Gasteiger partial charge in [0, 0.05) is 18.3 Å². The zero-order valence-electron chi connectivity index (χ0n) is 17.4. The summed E-state index contributed by atoms with van der Waals surface area (Å²) in [5.41, 5.74) is 2.97. The van der Waals surface area contributed by atoms with Crippen LogP contribution in [0.1, 0.15) is 35.8 Å². The van der Waals surface area contributed by atoms with E-state index in [9.17, 15) is 4.79 Å². The average Bonchev–Trinajstić information content (AvgIpc) is 3.39. The van der Waals surface area contributed by atoms with E-state index < -0.39 is 0 Å². The Kier molecular flexibility index (Phi) is 5.65. The Labute approximate surface area is 175 Å². The minimum Gasteiger partial charge on any atom is -0.497 e. The van der Waals surface area contributed by atoms with Crippen molar-refractivity contribution in [3.63, 3.8) is 0 Å². The molecule has 1 aromatic carbocycles. The summed E-state index contributed by atoms with van der Waals surface area (Å²) in [4.78, 5) is 14.7. The van der Waals surface area contributed by atoms with Gasteiger partial charge in [0.05, 0.1) is 18.8 Å². The number of ether oxygens (including phenoxy) is 2. The number of aryl methyl sites for hydroxylation is 2. The van der Waals surface area contributed by atoms with Crippen LogP contribution in [0, 0.1) is 13.8 Å². The van der Waals surface area contributed by atoms with Gasteiger partial charge in [0.15, 0.2) is 12.4 Å². The largest absolute Gasteiger partial charge is 0.497 e. The number of likely N-dealkylation sites (tertiary alicyclic amines) is 1. The molecule has 4 rings (SSSR count). The quantitative estimate of drug-likeness (QED) is 0.625. The lowest BCUT2D eigenvalue weighted by Crippen LogP contribution is -2.34. The van der Waals surface area contributed by atoms with Crippen molar-refractivity contribution in [2.75, 3.05) is 20.3 Å². The Morgan fingerprint density at radius 1 is 1.17 bits per heavy atom. The molecule has 1 fully saturated rings. The predicted molar refractivity (Wildman–Crippen MR) is 111 cm³/mol. The first kappa shape index (κ1) is 19.9. The molecule has 0 N–H and O–H groups in total. The summed E-state index contributed by atoms with van der Waals surface area (Å²) in [6.07, 6.45) is 1.89. The summed E-state index contributed by atoms with van der Waals surface area (Å²) < 4.78 is 12.7. The van der Waals surface area contributed by atoms with Gasteiger partial charge in [-0.25, -0.2) is 4.68 Å². The maximum Gasteiger partial charge on any atom is 0.261 e. The lowest BCUT2D eigenvalue weighted by molar-refractivity contribution is -0.134. The van der Waals surface area contributed by atoms with E-state index in [0.29, 0.717) is 18.2 Å². The molecule has 1 amide bonds. The molecule has 0 radical (unpaired) electrons. The Balaban J connectivity index is 1.39. The van der Waals surface area contributed by atoms with Gasteiger partial charge in [-0.05, 0) is 56.5 Å². The maximum absolute atomic E-state index is 12.8. The molecule has 156 valence electrons. The van der Waals surface area contributed by atoms with Gasteiger partial charge < -0.3 is 14.4 Å². The van der Waals surface area contributed by atoms with Gasteiger partial charge in [-0.2, -0.15) is 5.10 Å². The van der Waals surface area contributed by atoms with Crippen molar-refractivity contribution in [3.05, 3.63) is 59.4 Å². The summed E-state index contributed by atoms with van der Waals surface area (Å²) in [6.45, 7) is 4.53. The highest BCUT2D eigenvalue weighted by Gasteiger charge is 2.30. The van der Waals surface area contributed by atoms with Crippen LogP contribution in [0.4, 0.5) is 0 Å². The fourth-order valence-electron chi connectivity index (χ4n) is 3.84. The first-order valence-electron chi connectivity index (χ1n) is 9.99. The first-order chi connectivity index (χ1) is 14.5. The fraction of sp³-hybridized carbons (Fsp3) is 0.364. The smallest absolute Gasteiger partial charge is 0.261 e. The molecule has 1 atom stereocenters. The molecule has 1 aliphatic rings. The lowest BCUT2D eigenvalue weighted by atomic mass is 10.0. The fourth-order valence-corrected chi connectivity index (χ4v) is 3.84. The minimum atomic E-state index is -0.0750. The monoisotopic (exact) mass is 407 g/mol. The predicted octanol–water partition coefficient (Wildman–Crippen LogP) is 3.03. The molecule has 3 heterocycles. The highest BCUT2D eigenvalue weighted by atomic mass is 16.5. The zero-order chi connectivity index (χ0) is 21.1. The number of amides is 1. The number of benzene rings is 1. The summed E-state index contributed by atoms with van der Waals surface area (Å²) in [6, 6.07) is 13.4. The van der Waals surface area contributed by atoms with Crippen LogP contribution in [0.25, 0.3) is 5.82 Å². The van der Waals surface area contributed by atoms with Gasteiger partial charge in [-0.15, -0.1) is 10.2 Å². The van der Waals surface area contributed by atoms with Crippen molar-refractivity contribution < 1.29 is 14.3 Å². The molecule has 2 aromatic heterocycles. The second-order valence-electron chi connectivity index (χ2n) is 7.38. The van der Waals surface area contributed by atoms with Crippen LogP contribution in [0.2, 0.25) is 0 Å². The van der Waals surface area contributed by atoms with Gasteiger partial charge in [-0.3, -0.25) is 4.79 Å². The molecule has 1 aliphatic heterocycles. The summed E-state index contributed by atoms with van der Waals surface area (Å²) in [7, 11) is 1.64. The lowest BCUT2D eigenvalue weighted by Gasteiger charge is -2.25. The van der Waals surface area contributed by atoms with Crippen molar-refractivity contribution in [3.8, 4) is 17.4 Å². The third-order valence-corrected chi connectivity index (χ3v) is 5.25. The number of aromatic nitrogens is 4. The highest BCUT2D eigenvalue weighted by molar-refractivity contribution is 5.78. The second kappa shape index (κ2) is 8.52. The van der Waals surface area contributed by atoms with Crippen LogP contribution in [0.5, 0.6) is 11.6 Å². The van der Waals surface area contributed by atoms with E-state index in [1.54, 1.807) is 23.9 Å². The third kappa shape index (κ3) is 4.12. The van der Waals surface area contributed by atoms with Crippen LogP contribution < -0.4 is 9.47 Å². The first-order valence-corrected chi connectivity index (χ1v) is 9.99. The van der Waals surface area contributed by atoms with E-state index in [0.717, 1.165) is 35.5 Å². The van der Waals surface area contributed by atoms with Crippen molar-refractivity contribution in [2.24, 2.45) is 0 Å². The number of hydrogen-bond acceptors (Lipinski definition) is 6. The van der Waals surface area contributed by atoms with E-state index in [1.807, 2.05) is 49.1 Å². The average molecular weight is 407 g/mol. The van der Waals surface area contributed by atoms with Gasteiger partial charge in [0.25, 0.3) is 5.91 Å². The molecule has 1 saturated heterocycles. The Bertz CT molecular complexity index is 1030. The molecule has 30 heavy (non-hydrogen) atoms. The molecule has 0 spiro atoms. The summed E-state index contributed by atoms with van der Waals surface area (Å²) >= 11 is 0. The van der Waals surface area contributed by atoms with Crippen molar-refractivity contribution in [1.29, 1.82) is 0 Å². The zero-order valence-corrected chi connectivity index (χ0v) is 17.4. The molecule has 0 saturated carbocycles. The van der Waals surface area contributed by atoms with E-state index in [-0.39, 0.29) is 18.6 Å². The SMILES string of the molecule is COc1cccc(C2CCCN2C(=O)COc2ccc(-n3nc(C)cc3C)nn2)c1. The van der Waals surface area contributed by atoms with Crippen LogP contribution in [-0.2, 0) is 4.79 Å². The van der Waals surface area contributed by atoms with E-state index >= 15 is 0 Å². The standard InChI is InChI=1S/C22H25N5O3/c1-15-12-16(2)27(25-15)20-9-10-21(24-23-20)30-14-22(28)26-11-5-8-19(26)17-6-4-7-18(13-17)29-3/h4,6-7,9-10,12-13,19H,5,8,11,14H2,1-3H3. The molecule has 0 bridgehead atoms. The topological polar surface area (TPSA) is 82.4 Å². The van der Waals surface area contributed by atoms with Crippen molar-refractivity contribution in [2.45, 2.75) is 32.7 Å². The van der Waals surface area contributed by atoms with Crippen LogP contribution in [0.3, 0.4) is 0 Å². The number of hydrogen-bond donors (Lipinski definition) is 0. The molecular weight excluding hydrogens is 382 g/mol. The highest BCUT2D eigenvalue weighted by Crippen LogP contribution is 2.33.